The molecule has 0 nitrogen and oxygen atoms in total. The summed E-state index contributed by atoms with van der Waals surface area (Å²) in [5, 5.41) is 0. The number of rotatable bonds is 16. The molecule has 0 aromatic rings. The number of unbranched alkanes of at least 4 members (excludes halogenated alkanes) is 6. The maximum Gasteiger partial charge on any atom is -0.0236 e. The van der Waals surface area contributed by atoms with Gasteiger partial charge < -0.3 is 0 Å². The molecule has 124 valence electrons. The summed E-state index contributed by atoms with van der Waals surface area (Å²) in [5.41, 5.74) is 0. The van der Waals surface area contributed by atoms with Crippen molar-refractivity contribution in [2.75, 3.05) is 0 Å². The second-order valence-corrected chi connectivity index (χ2v) is 6.62. The lowest BCUT2D eigenvalue weighted by Crippen LogP contribution is -2.04. The van der Waals surface area contributed by atoms with Crippen LogP contribution in [0.1, 0.15) is 97.3 Å². The molecular formula is C21H40. The molecule has 0 fully saturated rings. The van der Waals surface area contributed by atoms with E-state index in [9.17, 15) is 0 Å². The van der Waals surface area contributed by atoms with E-state index < -0.39 is 0 Å². The van der Waals surface area contributed by atoms with E-state index in [1.54, 1.807) is 0 Å². The predicted molar refractivity (Wildman–Crippen MR) is 98.7 cm³/mol. The fourth-order valence-electron chi connectivity index (χ4n) is 3.10. The zero-order chi connectivity index (χ0) is 15.8. The highest BCUT2D eigenvalue weighted by atomic mass is 14.2. The van der Waals surface area contributed by atoms with Crippen molar-refractivity contribution in [1.29, 1.82) is 0 Å². The summed E-state index contributed by atoms with van der Waals surface area (Å²) in [6, 6.07) is 0. The van der Waals surface area contributed by atoms with Gasteiger partial charge in [-0.05, 0) is 43.9 Å². The molecule has 0 heteroatoms. The Morgan fingerprint density at radius 3 is 2.00 bits per heavy atom. The van der Waals surface area contributed by atoms with Crippen LogP contribution in [-0.4, -0.2) is 0 Å². The lowest BCUT2D eigenvalue weighted by atomic mass is 9.88. The highest BCUT2D eigenvalue weighted by molar-refractivity contribution is 4.80. The van der Waals surface area contributed by atoms with Gasteiger partial charge in [-0.25, -0.2) is 0 Å². The van der Waals surface area contributed by atoms with E-state index >= 15 is 0 Å². The molecule has 0 aliphatic heterocycles. The van der Waals surface area contributed by atoms with Gasteiger partial charge in [0, 0.05) is 0 Å². The average Bonchev–Trinajstić information content (AvgIpc) is 2.52. The number of hydrogen-bond acceptors (Lipinski definition) is 0. The van der Waals surface area contributed by atoms with Crippen LogP contribution in [0.5, 0.6) is 0 Å². The first-order chi connectivity index (χ1) is 10.3. The summed E-state index contributed by atoms with van der Waals surface area (Å²) >= 11 is 0. The van der Waals surface area contributed by atoms with Crippen molar-refractivity contribution in [3.63, 3.8) is 0 Å². The molecule has 0 amide bonds. The quantitative estimate of drug-likeness (QED) is 0.202. The maximum absolute atomic E-state index is 4.05. The minimum Gasteiger partial charge on any atom is -0.103 e. The molecular weight excluding hydrogens is 252 g/mol. The van der Waals surface area contributed by atoms with Crippen LogP contribution in [0.25, 0.3) is 0 Å². The third-order valence-corrected chi connectivity index (χ3v) is 4.81. The van der Waals surface area contributed by atoms with E-state index in [1.165, 1.54) is 83.5 Å². The van der Waals surface area contributed by atoms with Gasteiger partial charge in [0.25, 0.3) is 0 Å². The summed E-state index contributed by atoms with van der Waals surface area (Å²) in [6.45, 7) is 12.5. The topological polar surface area (TPSA) is 0 Å². The van der Waals surface area contributed by atoms with E-state index in [2.05, 4.69) is 39.2 Å². The minimum atomic E-state index is 0.749. The Bertz CT molecular complexity index is 228. The van der Waals surface area contributed by atoms with Crippen molar-refractivity contribution >= 4 is 0 Å². The van der Waals surface area contributed by atoms with Gasteiger partial charge in [-0.15, -0.1) is 13.2 Å². The summed E-state index contributed by atoms with van der Waals surface area (Å²) < 4.78 is 0. The smallest absolute Gasteiger partial charge is 0.0236 e. The van der Waals surface area contributed by atoms with Gasteiger partial charge in [0.05, 0.1) is 0 Å². The van der Waals surface area contributed by atoms with Crippen molar-refractivity contribution in [2.24, 2.45) is 11.8 Å². The molecule has 0 aromatic heterocycles. The molecule has 0 bridgehead atoms. The van der Waals surface area contributed by atoms with Gasteiger partial charge in [0.15, 0.2) is 0 Å². The summed E-state index contributed by atoms with van der Waals surface area (Å²) in [7, 11) is 0. The lowest BCUT2D eigenvalue weighted by Gasteiger charge is -2.18. The summed E-state index contributed by atoms with van der Waals surface area (Å²) in [5.74, 6) is 1.64. The minimum absolute atomic E-state index is 0.749. The standard InChI is InChI=1S/C21H40/c1-5-9-11-12-13-14-15-17-21(8-4)19-18-20(7-3)16-10-6-2/h6,8,20-21H,2,4-5,7,9-19H2,1,3H3. The second kappa shape index (κ2) is 15.9. The zero-order valence-electron chi connectivity index (χ0n) is 14.9. The van der Waals surface area contributed by atoms with E-state index in [-0.39, 0.29) is 0 Å². The van der Waals surface area contributed by atoms with Crippen LogP contribution in [0.15, 0.2) is 25.3 Å². The van der Waals surface area contributed by atoms with E-state index in [0.717, 1.165) is 11.8 Å². The molecule has 2 unspecified atom stereocenters. The molecule has 0 N–H and O–H groups in total. The molecule has 21 heavy (non-hydrogen) atoms. The van der Waals surface area contributed by atoms with Gasteiger partial charge in [0.2, 0.25) is 0 Å². The molecule has 0 saturated carbocycles. The Hall–Kier alpha value is -0.520. The van der Waals surface area contributed by atoms with Crippen LogP contribution in [0.3, 0.4) is 0 Å². The van der Waals surface area contributed by atoms with Gasteiger partial charge in [0.1, 0.15) is 0 Å². The molecule has 0 aliphatic carbocycles. The Morgan fingerprint density at radius 2 is 1.43 bits per heavy atom. The van der Waals surface area contributed by atoms with Crippen molar-refractivity contribution < 1.29 is 0 Å². The third-order valence-electron chi connectivity index (χ3n) is 4.81. The van der Waals surface area contributed by atoms with E-state index in [1.807, 2.05) is 0 Å². The van der Waals surface area contributed by atoms with E-state index in [4.69, 9.17) is 0 Å². The molecule has 0 saturated heterocycles. The molecule has 0 heterocycles. The first kappa shape index (κ1) is 20.5. The van der Waals surface area contributed by atoms with Gasteiger partial charge in [-0.3, -0.25) is 0 Å². The number of hydrogen-bond donors (Lipinski definition) is 0. The zero-order valence-corrected chi connectivity index (χ0v) is 14.9. The van der Waals surface area contributed by atoms with Crippen LogP contribution in [0.2, 0.25) is 0 Å². The molecule has 0 aliphatic rings. The Kier molecular flexibility index (Phi) is 15.5. The summed E-state index contributed by atoms with van der Waals surface area (Å²) in [6.07, 6.45) is 22.0. The van der Waals surface area contributed by atoms with Crippen LogP contribution in [0.4, 0.5) is 0 Å². The third kappa shape index (κ3) is 12.9. The van der Waals surface area contributed by atoms with Crippen molar-refractivity contribution in [3.8, 4) is 0 Å². The first-order valence-corrected chi connectivity index (χ1v) is 9.51. The van der Waals surface area contributed by atoms with Gasteiger partial charge >= 0.3 is 0 Å². The lowest BCUT2D eigenvalue weighted by molar-refractivity contribution is 0.382. The normalized spacial score (nSPS) is 13.8. The predicted octanol–water partition coefficient (Wildman–Crippen LogP) is 7.70. The average molecular weight is 293 g/mol. The molecule has 0 aromatic carbocycles. The van der Waals surface area contributed by atoms with Crippen molar-refractivity contribution in [1.82, 2.24) is 0 Å². The van der Waals surface area contributed by atoms with Crippen LogP contribution < -0.4 is 0 Å². The Labute approximate surface area is 135 Å². The van der Waals surface area contributed by atoms with Crippen LogP contribution in [-0.2, 0) is 0 Å². The fraction of sp³-hybridized carbons (Fsp3) is 0.810. The first-order valence-electron chi connectivity index (χ1n) is 9.51. The SMILES string of the molecule is C=CCCC(CC)CCC(C=C)CCCCCCCCC. The summed E-state index contributed by atoms with van der Waals surface area (Å²) in [4.78, 5) is 0. The number of allylic oxidation sites excluding steroid dienone is 2. The van der Waals surface area contributed by atoms with Gasteiger partial charge in [-0.1, -0.05) is 77.4 Å². The monoisotopic (exact) mass is 292 g/mol. The molecule has 0 rings (SSSR count). The molecule has 2 atom stereocenters. The Balaban J connectivity index is 3.64. The highest BCUT2D eigenvalue weighted by Gasteiger charge is 2.10. The Morgan fingerprint density at radius 1 is 0.762 bits per heavy atom. The van der Waals surface area contributed by atoms with Crippen molar-refractivity contribution in [2.45, 2.75) is 97.3 Å². The molecule has 0 spiro atoms. The van der Waals surface area contributed by atoms with Crippen LogP contribution in [0, 0.1) is 11.8 Å². The second-order valence-electron chi connectivity index (χ2n) is 6.62. The van der Waals surface area contributed by atoms with Crippen LogP contribution >= 0.6 is 0 Å². The van der Waals surface area contributed by atoms with Crippen molar-refractivity contribution in [3.05, 3.63) is 25.3 Å². The van der Waals surface area contributed by atoms with Gasteiger partial charge in [-0.2, -0.15) is 0 Å². The highest BCUT2D eigenvalue weighted by Crippen LogP contribution is 2.24. The maximum atomic E-state index is 4.05. The largest absolute Gasteiger partial charge is 0.103 e. The fourth-order valence-corrected chi connectivity index (χ4v) is 3.10. The van der Waals surface area contributed by atoms with E-state index in [0.29, 0.717) is 0 Å². The molecule has 0 radical (unpaired) electrons.